The Morgan fingerprint density at radius 3 is 2.74 bits per heavy atom. The van der Waals surface area contributed by atoms with Gasteiger partial charge in [-0.2, -0.15) is 0 Å². The van der Waals surface area contributed by atoms with Crippen molar-refractivity contribution in [2.24, 2.45) is 0 Å². The highest BCUT2D eigenvalue weighted by atomic mass is 19.1. The summed E-state index contributed by atoms with van der Waals surface area (Å²) in [7, 11) is 3.97. The third kappa shape index (κ3) is 3.49. The number of hydrogen-bond donors (Lipinski definition) is 1. The van der Waals surface area contributed by atoms with Crippen LogP contribution in [0.25, 0.3) is 0 Å². The molecule has 0 aromatic heterocycles. The Labute approximate surface area is 112 Å². The smallest absolute Gasteiger partial charge is 0.129 e. The van der Waals surface area contributed by atoms with Crippen molar-refractivity contribution in [2.45, 2.75) is 18.6 Å². The number of benzene rings is 1. The van der Waals surface area contributed by atoms with Crippen LogP contribution < -0.4 is 0 Å². The maximum Gasteiger partial charge on any atom is 0.129 e. The molecular weight excluding hydrogens is 250 g/mol. The minimum atomic E-state index is -0.660. The Kier molecular flexibility index (Phi) is 4.50. The fourth-order valence-electron chi connectivity index (χ4n) is 2.51. The normalized spacial score (nSPS) is 23.5. The van der Waals surface area contributed by atoms with Gasteiger partial charge in [-0.1, -0.05) is 6.07 Å². The molecule has 5 heteroatoms. The summed E-state index contributed by atoms with van der Waals surface area (Å²) in [5.74, 6) is -1.18. The molecule has 2 atom stereocenters. The second-order valence-electron chi connectivity index (χ2n) is 5.32. The predicted octanol–water partition coefficient (Wildman–Crippen LogP) is 1.11. The van der Waals surface area contributed by atoms with Crippen LogP contribution in [0.5, 0.6) is 0 Å². The van der Waals surface area contributed by atoms with Crippen molar-refractivity contribution >= 4 is 0 Å². The summed E-state index contributed by atoms with van der Waals surface area (Å²) in [5.41, 5.74) is 0.357. The van der Waals surface area contributed by atoms with E-state index in [1.54, 1.807) is 0 Å². The lowest BCUT2D eigenvalue weighted by molar-refractivity contribution is 0.0149. The first-order valence-corrected chi connectivity index (χ1v) is 6.48. The zero-order chi connectivity index (χ0) is 14.0. The van der Waals surface area contributed by atoms with Gasteiger partial charge in [0.2, 0.25) is 0 Å². The molecule has 1 aliphatic rings. The van der Waals surface area contributed by atoms with Gasteiger partial charge in [-0.15, -0.1) is 0 Å². The Balaban J connectivity index is 2.05. The molecule has 0 radical (unpaired) electrons. The van der Waals surface area contributed by atoms with Gasteiger partial charge in [-0.3, -0.25) is 4.90 Å². The van der Waals surface area contributed by atoms with Crippen LogP contribution >= 0.6 is 0 Å². The number of aliphatic hydroxyl groups excluding tert-OH is 1. The Bertz CT molecular complexity index is 441. The summed E-state index contributed by atoms with van der Waals surface area (Å²) in [5, 5.41) is 10.3. The fourth-order valence-corrected chi connectivity index (χ4v) is 2.51. The number of piperazine rings is 1. The second-order valence-corrected chi connectivity index (χ2v) is 5.32. The molecule has 1 fully saturated rings. The minimum Gasteiger partial charge on any atom is -0.391 e. The molecule has 0 spiro atoms. The Hall–Kier alpha value is -1.04. The van der Waals surface area contributed by atoms with Crippen LogP contribution in [-0.4, -0.2) is 60.8 Å². The van der Waals surface area contributed by atoms with Gasteiger partial charge < -0.3 is 10.0 Å². The number of nitrogens with zero attached hydrogens (tertiary/aromatic N) is 2. The number of likely N-dealkylation sites (N-methyl/N-ethyl adjacent to an activating group) is 2. The van der Waals surface area contributed by atoms with Gasteiger partial charge in [0, 0.05) is 38.2 Å². The lowest BCUT2D eigenvalue weighted by Gasteiger charge is -2.40. The van der Waals surface area contributed by atoms with Gasteiger partial charge in [0.25, 0.3) is 0 Å². The van der Waals surface area contributed by atoms with Crippen molar-refractivity contribution < 1.29 is 13.9 Å². The maximum atomic E-state index is 13.6. The predicted molar refractivity (Wildman–Crippen MR) is 70.0 cm³/mol. The summed E-state index contributed by atoms with van der Waals surface area (Å²) < 4.78 is 26.4. The molecule has 19 heavy (non-hydrogen) atoms. The van der Waals surface area contributed by atoms with Crippen LogP contribution in [0, 0.1) is 11.6 Å². The van der Waals surface area contributed by atoms with Crippen molar-refractivity contribution in [3.8, 4) is 0 Å². The summed E-state index contributed by atoms with van der Waals surface area (Å²) in [4.78, 5) is 4.24. The SMILES string of the molecule is CN1CCN(C)C(C(O)Cc2ccc(F)cc2F)C1. The van der Waals surface area contributed by atoms with Gasteiger partial charge in [0.1, 0.15) is 11.6 Å². The van der Waals surface area contributed by atoms with E-state index in [-0.39, 0.29) is 12.5 Å². The maximum absolute atomic E-state index is 13.6. The number of aliphatic hydroxyl groups is 1. The molecule has 106 valence electrons. The lowest BCUT2D eigenvalue weighted by Crippen LogP contribution is -2.55. The van der Waals surface area contributed by atoms with Gasteiger partial charge in [-0.25, -0.2) is 8.78 Å². The first-order chi connectivity index (χ1) is 8.97. The molecule has 2 rings (SSSR count). The highest BCUT2D eigenvalue weighted by Crippen LogP contribution is 2.17. The zero-order valence-corrected chi connectivity index (χ0v) is 11.3. The van der Waals surface area contributed by atoms with E-state index in [0.717, 1.165) is 25.7 Å². The molecule has 1 N–H and O–H groups in total. The molecule has 0 amide bonds. The van der Waals surface area contributed by atoms with Crippen LogP contribution in [0.1, 0.15) is 5.56 Å². The first-order valence-electron chi connectivity index (χ1n) is 6.48. The number of hydrogen-bond acceptors (Lipinski definition) is 3. The molecule has 0 bridgehead atoms. The van der Waals surface area contributed by atoms with Crippen molar-refractivity contribution in [2.75, 3.05) is 33.7 Å². The van der Waals surface area contributed by atoms with Crippen LogP contribution in [-0.2, 0) is 6.42 Å². The Morgan fingerprint density at radius 1 is 1.32 bits per heavy atom. The summed E-state index contributed by atoms with van der Waals surface area (Å²) in [6.45, 7) is 2.59. The van der Waals surface area contributed by atoms with E-state index >= 15 is 0 Å². The van der Waals surface area contributed by atoms with E-state index in [1.807, 2.05) is 14.1 Å². The van der Waals surface area contributed by atoms with Gasteiger partial charge >= 0.3 is 0 Å². The summed E-state index contributed by atoms with van der Waals surface area (Å²) >= 11 is 0. The third-order valence-corrected chi connectivity index (χ3v) is 3.79. The fraction of sp³-hybridized carbons (Fsp3) is 0.571. The molecule has 1 aromatic rings. The molecule has 1 saturated heterocycles. The molecule has 0 saturated carbocycles. The van der Waals surface area contributed by atoms with Crippen molar-refractivity contribution in [1.82, 2.24) is 9.80 Å². The molecule has 1 aliphatic heterocycles. The highest BCUT2D eigenvalue weighted by Gasteiger charge is 2.29. The standard InChI is InChI=1S/C14H20F2N2O/c1-17-5-6-18(2)13(9-17)14(19)7-10-3-4-11(15)8-12(10)16/h3-4,8,13-14,19H,5-7,9H2,1-2H3. The Morgan fingerprint density at radius 2 is 2.05 bits per heavy atom. The number of halogens is 2. The van der Waals surface area contributed by atoms with Crippen LogP contribution in [0.2, 0.25) is 0 Å². The van der Waals surface area contributed by atoms with Crippen LogP contribution in [0.3, 0.4) is 0 Å². The van der Waals surface area contributed by atoms with E-state index in [4.69, 9.17) is 0 Å². The summed E-state index contributed by atoms with van der Waals surface area (Å²) in [6, 6.07) is 3.46. The molecule has 1 aromatic carbocycles. The zero-order valence-electron chi connectivity index (χ0n) is 11.3. The average molecular weight is 270 g/mol. The average Bonchev–Trinajstić information content (AvgIpc) is 2.35. The van der Waals surface area contributed by atoms with Gasteiger partial charge in [-0.05, 0) is 25.7 Å². The van der Waals surface area contributed by atoms with Crippen LogP contribution in [0.15, 0.2) is 18.2 Å². The van der Waals surface area contributed by atoms with E-state index < -0.39 is 17.7 Å². The van der Waals surface area contributed by atoms with Gasteiger partial charge in [0.15, 0.2) is 0 Å². The van der Waals surface area contributed by atoms with Crippen molar-refractivity contribution in [3.63, 3.8) is 0 Å². The van der Waals surface area contributed by atoms with Gasteiger partial charge in [0.05, 0.1) is 6.10 Å². The molecule has 2 unspecified atom stereocenters. The lowest BCUT2D eigenvalue weighted by atomic mass is 9.99. The van der Waals surface area contributed by atoms with Crippen LogP contribution in [0.4, 0.5) is 8.78 Å². The third-order valence-electron chi connectivity index (χ3n) is 3.79. The quantitative estimate of drug-likeness (QED) is 0.891. The molecular formula is C14H20F2N2O. The second kappa shape index (κ2) is 5.94. The largest absolute Gasteiger partial charge is 0.391 e. The minimum absolute atomic E-state index is 0.0248. The first kappa shape index (κ1) is 14.4. The van der Waals surface area contributed by atoms with E-state index in [9.17, 15) is 13.9 Å². The highest BCUT2D eigenvalue weighted by molar-refractivity contribution is 5.19. The monoisotopic (exact) mass is 270 g/mol. The van der Waals surface area contributed by atoms with E-state index in [1.165, 1.54) is 12.1 Å². The van der Waals surface area contributed by atoms with E-state index in [0.29, 0.717) is 5.56 Å². The topological polar surface area (TPSA) is 26.7 Å². The molecule has 3 nitrogen and oxygen atoms in total. The van der Waals surface area contributed by atoms with E-state index in [2.05, 4.69) is 9.80 Å². The molecule has 1 heterocycles. The summed E-state index contributed by atoms with van der Waals surface area (Å²) in [6.07, 6.45) is -0.456. The van der Waals surface area contributed by atoms with Crippen molar-refractivity contribution in [1.29, 1.82) is 0 Å². The molecule has 0 aliphatic carbocycles. The van der Waals surface area contributed by atoms with Crippen molar-refractivity contribution in [3.05, 3.63) is 35.4 Å². The number of rotatable bonds is 3.